The summed E-state index contributed by atoms with van der Waals surface area (Å²) in [6, 6.07) is 2.62. The number of nitro groups is 1. The third-order valence-electron chi connectivity index (χ3n) is 3.56. The Morgan fingerprint density at radius 1 is 1.50 bits per heavy atom. The van der Waals surface area contributed by atoms with E-state index in [9.17, 15) is 18.5 Å². The van der Waals surface area contributed by atoms with E-state index in [-0.39, 0.29) is 28.2 Å². The average molecular weight is 370 g/mol. The van der Waals surface area contributed by atoms with Crippen molar-refractivity contribution in [2.75, 3.05) is 19.6 Å². The number of nitro benzene ring substituents is 1. The first-order valence-electron chi connectivity index (χ1n) is 6.42. The fourth-order valence-corrected chi connectivity index (χ4v) is 4.55. The lowest BCUT2D eigenvalue weighted by atomic mass is 10.1. The van der Waals surface area contributed by atoms with Gasteiger partial charge in [-0.25, -0.2) is 8.42 Å². The van der Waals surface area contributed by atoms with Gasteiger partial charge in [0.1, 0.15) is 9.92 Å². The molecule has 7 nitrogen and oxygen atoms in total. The molecular weight excluding hydrogens is 353 g/mol. The summed E-state index contributed by atoms with van der Waals surface area (Å²) in [7, 11) is -3.85. The van der Waals surface area contributed by atoms with Gasteiger partial charge in [0, 0.05) is 19.2 Å². The quantitative estimate of drug-likeness (QED) is 0.644. The summed E-state index contributed by atoms with van der Waals surface area (Å²) >= 11 is 5.94. The lowest BCUT2D eigenvalue weighted by Crippen LogP contribution is -2.30. The minimum Gasteiger partial charge on any atom is -0.330 e. The Balaban J connectivity index is 0.00000242. The first kappa shape index (κ1) is 19.1. The van der Waals surface area contributed by atoms with Gasteiger partial charge in [0.05, 0.1) is 4.92 Å². The largest absolute Gasteiger partial charge is 0.330 e. The van der Waals surface area contributed by atoms with Gasteiger partial charge < -0.3 is 5.73 Å². The Labute approximate surface area is 140 Å². The van der Waals surface area contributed by atoms with Crippen molar-refractivity contribution < 1.29 is 13.3 Å². The van der Waals surface area contributed by atoms with Gasteiger partial charge in [-0.05, 0) is 37.4 Å². The molecule has 0 spiro atoms. The number of sulfonamides is 1. The second kappa shape index (κ2) is 7.10. The van der Waals surface area contributed by atoms with Gasteiger partial charge in [-0.15, -0.1) is 12.4 Å². The highest BCUT2D eigenvalue weighted by atomic mass is 35.5. The molecule has 0 bridgehead atoms. The Bertz CT molecular complexity index is 681. The molecule has 1 atom stereocenters. The number of hydrogen-bond acceptors (Lipinski definition) is 5. The SMILES string of the molecule is Cc1cc([N+](=O)[O-])c(Cl)c(S(=O)(=O)N2CCC(CN)C2)c1.Cl. The molecule has 1 aromatic rings. The lowest BCUT2D eigenvalue weighted by Gasteiger charge is -2.17. The van der Waals surface area contributed by atoms with Gasteiger partial charge >= 0.3 is 0 Å². The van der Waals surface area contributed by atoms with E-state index in [4.69, 9.17) is 17.3 Å². The van der Waals surface area contributed by atoms with E-state index < -0.39 is 20.6 Å². The van der Waals surface area contributed by atoms with Crippen LogP contribution in [0.25, 0.3) is 0 Å². The highest BCUT2D eigenvalue weighted by molar-refractivity contribution is 7.89. The molecule has 22 heavy (non-hydrogen) atoms. The molecule has 1 aliphatic rings. The smallest absolute Gasteiger partial charge is 0.289 e. The van der Waals surface area contributed by atoms with Crippen molar-refractivity contribution in [1.29, 1.82) is 0 Å². The number of benzene rings is 1. The second-order valence-electron chi connectivity index (χ2n) is 5.11. The van der Waals surface area contributed by atoms with E-state index in [1.807, 2.05) is 0 Å². The van der Waals surface area contributed by atoms with Crippen LogP contribution in [0.15, 0.2) is 17.0 Å². The zero-order valence-electron chi connectivity index (χ0n) is 11.9. The molecule has 0 radical (unpaired) electrons. The maximum Gasteiger partial charge on any atom is 0.289 e. The third kappa shape index (κ3) is 3.52. The van der Waals surface area contributed by atoms with E-state index in [0.29, 0.717) is 31.6 Å². The Morgan fingerprint density at radius 3 is 2.64 bits per heavy atom. The van der Waals surface area contributed by atoms with Crippen molar-refractivity contribution in [1.82, 2.24) is 4.31 Å². The van der Waals surface area contributed by atoms with Crippen molar-refractivity contribution in [2.24, 2.45) is 11.7 Å². The van der Waals surface area contributed by atoms with Crippen LogP contribution in [-0.2, 0) is 10.0 Å². The summed E-state index contributed by atoms with van der Waals surface area (Å²) in [5.41, 5.74) is 5.63. The maximum atomic E-state index is 12.6. The van der Waals surface area contributed by atoms with Crippen molar-refractivity contribution in [3.05, 3.63) is 32.8 Å². The van der Waals surface area contributed by atoms with Crippen LogP contribution in [0.2, 0.25) is 5.02 Å². The van der Waals surface area contributed by atoms with Crippen LogP contribution in [0, 0.1) is 23.0 Å². The predicted octanol–water partition coefficient (Wildman–Crippen LogP) is 1.95. The summed E-state index contributed by atoms with van der Waals surface area (Å²) in [6.07, 6.45) is 0.682. The Kier molecular flexibility index (Phi) is 6.17. The van der Waals surface area contributed by atoms with Crippen LogP contribution in [0.4, 0.5) is 5.69 Å². The Hall–Kier alpha value is -0.930. The summed E-state index contributed by atoms with van der Waals surface area (Å²) in [6.45, 7) is 2.67. The lowest BCUT2D eigenvalue weighted by molar-refractivity contribution is -0.385. The first-order valence-corrected chi connectivity index (χ1v) is 8.24. The third-order valence-corrected chi connectivity index (χ3v) is 5.96. The molecule has 1 fully saturated rings. The number of nitrogens with two attached hydrogens (primary N) is 1. The van der Waals surface area contributed by atoms with Gasteiger partial charge in [0.2, 0.25) is 10.0 Å². The van der Waals surface area contributed by atoms with Crippen LogP contribution in [0.3, 0.4) is 0 Å². The highest BCUT2D eigenvalue weighted by Crippen LogP contribution is 2.35. The molecule has 1 aliphatic heterocycles. The monoisotopic (exact) mass is 369 g/mol. The molecule has 0 aliphatic carbocycles. The molecule has 124 valence electrons. The molecule has 1 heterocycles. The van der Waals surface area contributed by atoms with Crippen LogP contribution < -0.4 is 5.73 Å². The van der Waals surface area contributed by atoms with Crippen molar-refractivity contribution in [3.8, 4) is 0 Å². The molecule has 0 aromatic heterocycles. The van der Waals surface area contributed by atoms with Crippen LogP contribution >= 0.6 is 24.0 Å². The molecular formula is C12H17Cl2N3O4S. The molecule has 0 saturated carbocycles. The number of rotatable bonds is 4. The van der Waals surface area contributed by atoms with Crippen molar-refractivity contribution in [2.45, 2.75) is 18.2 Å². The van der Waals surface area contributed by atoms with E-state index in [2.05, 4.69) is 0 Å². The number of aryl methyl sites for hydroxylation is 1. The van der Waals surface area contributed by atoms with E-state index in [0.717, 1.165) is 0 Å². The summed E-state index contributed by atoms with van der Waals surface area (Å²) in [4.78, 5) is 10.1. The molecule has 0 amide bonds. The topological polar surface area (TPSA) is 107 Å². The van der Waals surface area contributed by atoms with Crippen LogP contribution in [0.1, 0.15) is 12.0 Å². The zero-order chi connectivity index (χ0) is 15.8. The fraction of sp³-hybridized carbons (Fsp3) is 0.500. The fourth-order valence-electron chi connectivity index (χ4n) is 2.38. The molecule has 2 N–H and O–H groups in total. The van der Waals surface area contributed by atoms with Gasteiger partial charge in [-0.1, -0.05) is 11.6 Å². The van der Waals surface area contributed by atoms with Gasteiger partial charge in [-0.3, -0.25) is 10.1 Å². The minimum atomic E-state index is -3.85. The standard InChI is InChI=1S/C12H16ClN3O4S.ClH/c1-8-4-10(16(17)18)12(13)11(5-8)21(19,20)15-3-2-9(6-14)7-15;/h4-5,9H,2-3,6-7,14H2,1H3;1H. The number of hydrogen-bond donors (Lipinski definition) is 1. The van der Waals surface area contributed by atoms with Crippen molar-refractivity contribution in [3.63, 3.8) is 0 Å². The van der Waals surface area contributed by atoms with Gasteiger partial charge in [-0.2, -0.15) is 4.31 Å². The summed E-state index contributed by atoms with van der Waals surface area (Å²) < 4.78 is 26.5. The summed E-state index contributed by atoms with van der Waals surface area (Å²) in [5, 5.41) is 10.6. The molecule has 1 unspecified atom stereocenters. The Morgan fingerprint density at radius 2 is 2.14 bits per heavy atom. The normalized spacial score (nSPS) is 19.0. The van der Waals surface area contributed by atoms with E-state index in [1.54, 1.807) is 6.92 Å². The summed E-state index contributed by atoms with van der Waals surface area (Å²) in [5.74, 6) is 0.110. The number of nitrogens with zero attached hydrogens (tertiary/aromatic N) is 2. The minimum absolute atomic E-state index is 0. The molecule has 2 rings (SSSR count). The van der Waals surface area contributed by atoms with Gasteiger partial charge in [0.25, 0.3) is 5.69 Å². The average Bonchev–Trinajstić information content (AvgIpc) is 2.90. The maximum absolute atomic E-state index is 12.6. The van der Waals surface area contributed by atoms with E-state index >= 15 is 0 Å². The van der Waals surface area contributed by atoms with Gasteiger partial charge in [0.15, 0.2) is 0 Å². The second-order valence-corrected chi connectivity index (χ2v) is 7.39. The van der Waals surface area contributed by atoms with Crippen LogP contribution in [0.5, 0.6) is 0 Å². The molecule has 10 heteroatoms. The molecule has 1 saturated heterocycles. The molecule has 1 aromatic carbocycles. The predicted molar refractivity (Wildman–Crippen MR) is 86.0 cm³/mol. The van der Waals surface area contributed by atoms with Crippen molar-refractivity contribution >= 4 is 39.7 Å². The van der Waals surface area contributed by atoms with Crippen LogP contribution in [-0.4, -0.2) is 37.3 Å². The highest BCUT2D eigenvalue weighted by Gasteiger charge is 2.35. The zero-order valence-corrected chi connectivity index (χ0v) is 14.2. The first-order chi connectivity index (χ1) is 9.77. The number of halogens is 2. The van der Waals surface area contributed by atoms with E-state index in [1.165, 1.54) is 16.4 Å².